The molecule has 2 aromatic rings. The third-order valence-electron chi connectivity index (χ3n) is 4.39. The molecule has 0 aromatic carbocycles. The summed E-state index contributed by atoms with van der Waals surface area (Å²) in [6, 6.07) is 4.45. The van der Waals surface area contributed by atoms with Crippen LogP contribution in [0.2, 0.25) is 0 Å². The van der Waals surface area contributed by atoms with Crippen LogP contribution in [0.4, 0.5) is 0 Å². The van der Waals surface area contributed by atoms with E-state index in [0.717, 1.165) is 37.7 Å². The van der Waals surface area contributed by atoms with Crippen molar-refractivity contribution in [1.29, 1.82) is 0 Å². The van der Waals surface area contributed by atoms with Crippen molar-refractivity contribution in [1.82, 2.24) is 20.1 Å². The van der Waals surface area contributed by atoms with E-state index in [1.165, 1.54) is 9.75 Å². The standard InChI is InChI=1S/C15H20N4OS/c1-9-3-4-12(21-9)7-19-6-11-5-13(20-14(11)8-19)15-16-10(2)17-18-15/h3-4,11,13-14H,5-8H2,1-2H3,(H,16,17,18)/t11-,13-,14+/m0/s1. The number of hydrogen-bond acceptors (Lipinski definition) is 5. The zero-order valence-corrected chi connectivity index (χ0v) is 13.2. The highest BCUT2D eigenvalue weighted by atomic mass is 32.1. The first-order chi connectivity index (χ1) is 10.2. The van der Waals surface area contributed by atoms with Crippen molar-refractivity contribution in [3.63, 3.8) is 0 Å². The van der Waals surface area contributed by atoms with Gasteiger partial charge in [0.15, 0.2) is 5.82 Å². The Morgan fingerprint density at radius 2 is 2.29 bits per heavy atom. The number of nitrogens with zero attached hydrogens (tertiary/aromatic N) is 3. The number of H-pyrrole nitrogens is 1. The number of hydrogen-bond donors (Lipinski definition) is 1. The number of thiophene rings is 1. The molecule has 0 spiro atoms. The van der Waals surface area contributed by atoms with E-state index in [9.17, 15) is 0 Å². The molecule has 0 unspecified atom stereocenters. The van der Waals surface area contributed by atoms with Crippen LogP contribution < -0.4 is 0 Å². The molecular weight excluding hydrogens is 284 g/mol. The molecule has 4 heterocycles. The Kier molecular flexibility index (Phi) is 3.32. The molecule has 2 fully saturated rings. The summed E-state index contributed by atoms with van der Waals surface area (Å²) >= 11 is 1.90. The van der Waals surface area contributed by atoms with Crippen LogP contribution in [0.3, 0.4) is 0 Å². The lowest BCUT2D eigenvalue weighted by atomic mass is 10.0. The normalized spacial score (nSPS) is 29.1. The molecule has 4 rings (SSSR count). The molecule has 112 valence electrons. The molecule has 6 heteroatoms. The Bertz CT molecular complexity index is 623. The summed E-state index contributed by atoms with van der Waals surface area (Å²) < 4.78 is 6.17. The van der Waals surface area contributed by atoms with Gasteiger partial charge in [-0.15, -0.1) is 11.3 Å². The molecule has 2 aliphatic heterocycles. The van der Waals surface area contributed by atoms with Gasteiger partial charge in [0.1, 0.15) is 11.9 Å². The fourth-order valence-electron chi connectivity index (χ4n) is 3.44. The van der Waals surface area contributed by atoms with Crippen LogP contribution in [0, 0.1) is 19.8 Å². The molecule has 0 bridgehead atoms. The third-order valence-corrected chi connectivity index (χ3v) is 5.38. The van der Waals surface area contributed by atoms with Gasteiger partial charge in [0.05, 0.1) is 6.10 Å². The van der Waals surface area contributed by atoms with Gasteiger partial charge in [0.2, 0.25) is 0 Å². The molecule has 2 aromatic heterocycles. The number of likely N-dealkylation sites (tertiary alicyclic amines) is 1. The van der Waals surface area contributed by atoms with Crippen molar-refractivity contribution in [2.45, 2.75) is 39.0 Å². The summed E-state index contributed by atoms with van der Waals surface area (Å²) in [7, 11) is 0. The SMILES string of the molecule is Cc1nc([C@@H]2C[C@H]3CN(Cc4ccc(C)s4)C[C@H]3O2)n[nH]1. The first-order valence-corrected chi connectivity index (χ1v) is 8.31. The molecule has 3 atom stereocenters. The van der Waals surface area contributed by atoms with Gasteiger partial charge >= 0.3 is 0 Å². The fraction of sp³-hybridized carbons (Fsp3) is 0.600. The minimum atomic E-state index is 0.0797. The van der Waals surface area contributed by atoms with Crippen LogP contribution >= 0.6 is 11.3 Å². The minimum Gasteiger partial charge on any atom is -0.365 e. The quantitative estimate of drug-likeness (QED) is 0.946. The summed E-state index contributed by atoms with van der Waals surface area (Å²) in [5.74, 6) is 2.30. The number of aromatic amines is 1. The lowest BCUT2D eigenvalue weighted by molar-refractivity contribution is 0.0327. The second-order valence-corrected chi connectivity index (χ2v) is 7.52. The predicted molar refractivity (Wildman–Crippen MR) is 81.2 cm³/mol. The van der Waals surface area contributed by atoms with E-state index in [1.54, 1.807) is 0 Å². The summed E-state index contributed by atoms with van der Waals surface area (Å²) in [5, 5.41) is 7.15. The highest BCUT2D eigenvalue weighted by molar-refractivity contribution is 7.11. The zero-order chi connectivity index (χ0) is 14.4. The van der Waals surface area contributed by atoms with Crippen LogP contribution in [0.15, 0.2) is 12.1 Å². The Balaban J connectivity index is 1.37. The van der Waals surface area contributed by atoms with Gasteiger partial charge in [-0.25, -0.2) is 4.98 Å². The molecule has 0 saturated carbocycles. The molecule has 2 saturated heterocycles. The van der Waals surface area contributed by atoms with Crippen molar-refractivity contribution in [2.24, 2.45) is 5.92 Å². The number of aryl methyl sites for hydroxylation is 2. The average Bonchev–Trinajstić information content (AvgIpc) is 3.14. The second kappa shape index (κ2) is 5.19. The monoisotopic (exact) mass is 304 g/mol. The molecule has 0 aliphatic carbocycles. The van der Waals surface area contributed by atoms with Crippen LogP contribution in [0.5, 0.6) is 0 Å². The topological polar surface area (TPSA) is 54.0 Å². The maximum atomic E-state index is 6.17. The smallest absolute Gasteiger partial charge is 0.179 e. The van der Waals surface area contributed by atoms with Crippen molar-refractivity contribution in [3.05, 3.63) is 33.5 Å². The van der Waals surface area contributed by atoms with E-state index in [4.69, 9.17) is 4.74 Å². The average molecular weight is 304 g/mol. The zero-order valence-electron chi connectivity index (χ0n) is 12.4. The highest BCUT2D eigenvalue weighted by Crippen LogP contribution is 2.40. The lowest BCUT2D eigenvalue weighted by Crippen LogP contribution is -2.23. The van der Waals surface area contributed by atoms with E-state index in [1.807, 2.05) is 18.3 Å². The first-order valence-electron chi connectivity index (χ1n) is 7.49. The molecular formula is C15H20N4OS. The second-order valence-electron chi connectivity index (χ2n) is 6.14. The predicted octanol–water partition coefficient (Wildman–Crippen LogP) is 2.45. The summed E-state index contributed by atoms with van der Waals surface area (Å²) in [5.41, 5.74) is 0. The van der Waals surface area contributed by atoms with Crippen LogP contribution in [-0.2, 0) is 11.3 Å². The minimum absolute atomic E-state index is 0.0797. The Labute approximate surface area is 128 Å². The van der Waals surface area contributed by atoms with Crippen LogP contribution in [0.1, 0.15) is 33.9 Å². The molecule has 0 amide bonds. The van der Waals surface area contributed by atoms with Gasteiger partial charge in [-0.3, -0.25) is 10.00 Å². The third kappa shape index (κ3) is 2.63. The largest absolute Gasteiger partial charge is 0.365 e. The summed E-state index contributed by atoms with van der Waals surface area (Å²) in [6.45, 7) is 7.30. The Hall–Kier alpha value is -1.24. The number of rotatable bonds is 3. The van der Waals surface area contributed by atoms with Crippen molar-refractivity contribution < 1.29 is 4.74 Å². The van der Waals surface area contributed by atoms with Crippen molar-refractivity contribution >= 4 is 11.3 Å². The van der Waals surface area contributed by atoms with Crippen molar-refractivity contribution in [2.75, 3.05) is 13.1 Å². The van der Waals surface area contributed by atoms with E-state index < -0.39 is 0 Å². The molecule has 1 N–H and O–H groups in total. The number of fused-ring (bicyclic) bond motifs is 1. The molecule has 21 heavy (non-hydrogen) atoms. The van der Waals surface area contributed by atoms with Gasteiger partial charge in [-0.05, 0) is 32.4 Å². The summed E-state index contributed by atoms with van der Waals surface area (Å²) in [4.78, 5) is 9.76. The van der Waals surface area contributed by atoms with E-state index in [-0.39, 0.29) is 6.10 Å². The first kappa shape index (κ1) is 13.4. The Morgan fingerprint density at radius 1 is 1.38 bits per heavy atom. The van der Waals surface area contributed by atoms with Crippen LogP contribution in [0.25, 0.3) is 0 Å². The van der Waals surface area contributed by atoms with E-state index in [0.29, 0.717) is 12.0 Å². The lowest BCUT2D eigenvalue weighted by Gasteiger charge is -2.17. The Morgan fingerprint density at radius 3 is 2.95 bits per heavy atom. The number of ether oxygens (including phenoxy) is 1. The van der Waals surface area contributed by atoms with Gasteiger partial charge < -0.3 is 4.74 Å². The summed E-state index contributed by atoms with van der Waals surface area (Å²) in [6.07, 6.45) is 1.47. The van der Waals surface area contributed by atoms with Gasteiger partial charge in [0, 0.05) is 35.3 Å². The molecule has 2 aliphatic rings. The molecule has 5 nitrogen and oxygen atoms in total. The number of aromatic nitrogens is 3. The maximum Gasteiger partial charge on any atom is 0.179 e. The highest BCUT2D eigenvalue weighted by Gasteiger charge is 2.43. The fourth-order valence-corrected chi connectivity index (χ4v) is 4.37. The molecule has 0 radical (unpaired) electrons. The van der Waals surface area contributed by atoms with Crippen LogP contribution in [-0.4, -0.2) is 39.3 Å². The van der Waals surface area contributed by atoms with E-state index in [2.05, 4.69) is 39.1 Å². The van der Waals surface area contributed by atoms with Gasteiger partial charge in [-0.1, -0.05) is 0 Å². The van der Waals surface area contributed by atoms with Gasteiger partial charge in [0.25, 0.3) is 0 Å². The number of nitrogens with one attached hydrogen (secondary N) is 1. The maximum absolute atomic E-state index is 6.17. The van der Waals surface area contributed by atoms with Gasteiger partial charge in [-0.2, -0.15) is 5.10 Å². The van der Waals surface area contributed by atoms with Crippen molar-refractivity contribution in [3.8, 4) is 0 Å². The van der Waals surface area contributed by atoms with E-state index >= 15 is 0 Å².